The predicted octanol–water partition coefficient (Wildman–Crippen LogP) is 3.81. The fourth-order valence-electron chi connectivity index (χ4n) is 7.33. The molecule has 0 aromatic rings. The lowest BCUT2D eigenvalue weighted by Crippen LogP contribution is -2.74. The Labute approximate surface area is 247 Å². The van der Waals surface area contributed by atoms with Crippen LogP contribution in [0.3, 0.4) is 0 Å². The highest BCUT2D eigenvalue weighted by Gasteiger charge is 2.62. The van der Waals surface area contributed by atoms with Crippen molar-refractivity contribution in [3.8, 4) is 0 Å². The summed E-state index contributed by atoms with van der Waals surface area (Å²) in [6, 6.07) is 0. The molecule has 1 aliphatic carbocycles. The topological polar surface area (TPSA) is 117 Å². The van der Waals surface area contributed by atoms with Gasteiger partial charge in [0.25, 0.3) is 0 Å². The van der Waals surface area contributed by atoms with Crippen molar-refractivity contribution >= 4 is 17.7 Å². The minimum atomic E-state index is -1.23. The van der Waals surface area contributed by atoms with Crippen LogP contribution in [0.15, 0.2) is 13.2 Å². The van der Waals surface area contributed by atoms with Gasteiger partial charge in [-0.1, -0.05) is 20.8 Å². The molecule has 236 valence electrons. The number of ketones is 1. The average Bonchev–Trinajstić information content (AvgIpc) is 2.81. The maximum absolute atomic E-state index is 12.9. The van der Waals surface area contributed by atoms with Gasteiger partial charge in [-0.05, 0) is 71.8 Å². The van der Waals surface area contributed by atoms with Crippen LogP contribution < -0.4 is 0 Å². The number of rotatable bonds is 0. The van der Waals surface area contributed by atoms with Crippen LogP contribution in [0, 0.1) is 28.6 Å². The fourth-order valence-corrected chi connectivity index (χ4v) is 7.33. The van der Waals surface area contributed by atoms with Crippen molar-refractivity contribution in [2.45, 2.75) is 111 Å². The number of carbonyl (C=O) groups is 3. The molecule has 2 spiro atoms. The Morgan fingerprint density at radius 1 is 0.951 bits per heavy atom. The molecular formula is C32H56N2O7. The Hall–Kier alpha value is -1.81. The maximum atomic E-state index is 12.9. The number of hydrogen-bond acceptors (Lipinski definition) is 8. The molecule has 4 rings (SSSR count). The van der Waals surface area contributed by atoms with Crippen molar-refractivity contribution in [1.82, 2.24) is 9.80 Å². The Morgan fingerprint density at radius 3 is 2.05 bits per heavy atom. The van der Waals surface area contributed by atoms with Crippen LogP contribution in [-0.2, 0) is 23.9 Å². The van der Waals surface area contributed by atoms with Crippen LogP contribution in [-0.4, -0.2) is 95.0 Å². The third-order valence-electron chi connectivity index (χ3n) is 9.37. The minimum absolute atomic E-state index is 0.105. The molecule has 0 aromatic carbocycles. The minimum Gasteiger partial charge on any atom is -0.463 e. The van der Waals surface area contributed by atoms with Crippen molar-refractivity contribution in [3.05, 3.63) is 13.2 Å². The fraction of sp³-hybridized carbons (Fsp3) is 0.844. The van der Waals surface area contributed by atoms with Gasteiger partial charge in [0, 0.05) is 44.3 Å². The van der Waals surface area contributed by atoms with E-state index in [0.717, 1.165) is 45.3 Å². The molecule has 3 saturated heterocycles. The molecule has 3 aliphatic heterocycles. The van der Waals surface area contributed by atoms with Crippen molar-refractivity contribution in [3.63, 3.8) is 0 Å². The Balaban J connectivity index is 0.000000450. The van der Waals surface area contributed by atoms with E-state index in [0.29, 0.717) is 18.8 Å². The normalized spacial score (nSPS) is 35.0. The largest absolute Gasteiger partial charge is 0.463 e. The van der Waals surface area contributed by atoms with E-state index in [-0.39, 0.29) is 41.3 Å². The summed E-state index contributed by atoms with van der Waals surface area (Å²) in [5.74, 6) is -0.102. The molecule has 4 aliphatic rings. The zero-order chi connectivity index (χ0) is 31.3. The first-order valence-electron chi connectivity index (χ1n) is 15.2. The summed E-state index contributed by atoms with van der Waals surface area (Å²) in [4.78, 5) is 41.5. The van der Waals surface area contributed by atoms with Gasteiger partial charge >= 0.3 is 5.97 Å². The number of amides is 1. The molecule has 0 bridgehead atoms. The average molecular weight is 581 g/mol. The lowest BCUT2D eigenvalue weighted by molar-refractivity contribution is -0.193. The second-order valence-electron chi connectivity index (χ2n) is 14.0. The highest BCUT2D eigenvalue weighted by Crippen LogP contribution is 2.56. The van der Waals surface area contributed by atoms with Gasteiger partial charge in [0.15, 0.2) is 12.1 Å². The van der Waals surface area contributed by atoms with Crippen LogP contribution >= 0.6 is 0 Å². The number of aliphatic hydroxyl groups excluding tert-OH is 2. The third kappa shape index (κ3) is 8.62. The number of cyclic esters (lactones) is 1. The molecule has 9 heteroatoms. The van der Waals surface area contributed by atoms with E-state index in [9.17, 15) is 19.5 Å². The lowest BCUT2D eigenvalue weighted by atomic mass is 9.53. The van der Waals surface area contributed by atoms with E-state index in [4.69, 9.17) is 14.6 Å². The number of esters is 1. The Kier molecular flexibility index (Phi) is 12.2. The van der Waals surface area contributed by atoms with Gasteiger partial charge in [0.2, 0.25) is 5.91 Å². The molecule has 6 atom stereocenters. The van der Waals surface area contributed by atoms with Crippen molar-refractivity contribution < 1.29 is 34.1 Å². The van der Waals surface area contributed by atoms with E-state index >= 15 is 0 Å². The van der Waals surface area contributed by atoms with Crippen molar-refractivity contribution in [2.24, 2.45) is 28.6 Å². The number of Topliss-reactive ketones (excluding diaryl/α,β-unsaturated/α-hetero) is 1. The van der Waals surface area contributed by atoms with Crippen molar-refractivity contribution in [2.75, 3.05) is 33.3 Å². The van der Waals surface area contributed by atoms with Crippen LogP contribution in [0.25, 0.3) is 0 Å². The standard InChI is InChI=1S/C23H38N2O5.C7H14O2.C2H4/c1-15-7-18(27)8-16(2)19(28)21(4,5)20(29)30-14-23(24(6)9-15)10-22(11-23)12-25(13-22)17(3)26;1-5-3-6(2)9-7(8)4-5;1-2/h15-16,18,27H,7-14H2,1-6H3;5-8H,3-4H2,1-2H3;1-2H2/t15-,16-,18-;5-,6+,7+;/m10./s1. The molecule has 1 amide bonds. The van der Waals surface area contributed by atoms with Crippen LogP contribution in [0.5, 0.6) is 0 Å². The maximum Gasteiger partial charge on any atom is 0.319 e. The van der Waals surface area contributed by atoms with Gasteiger partial charge in [-0.15, -0.1) is 13.2 Å². The number of ether oxygens (including phenoxy) is 2. The Morgan fingerprint density at radius 2 is 1.54 bits per heavy atom. The number of likely N-dealkylation sites (tertiary alicyclic amines) is 1. The highest BCUT2D eigenvalue weighted by atomic mass is 16.6. The molecule has 1 saturated carbocycles. The van der Waals surface area contributed by atoms with E-state index in [1.165, 1.54) is 0 Å². The number of hydrogen-bond donors (Lipinski definition) is 2. The number of carbonyl (C=O) groups excluding carboxylic acids is 3. The number of aliphatic hydroxyl groups is 2. The van der Waals surface area contributed by atoms with Gasteiger partial charge in [-0.25, -0.2) is 0 Å². The summed E-state index contributed by atoms with van der Waals surface area (Å²) < 4.78 is 10.9. The lowest BCUT2D eigenvalue weighted by Gasteiger charge is -2.66. The van der Waals surface area contributed by atoms with Gasteiger partial charge in [-0.2, -0.15) is 0 Å². The molecule has 2 N–H and O–H groups in total. The molecule has 3 heterocycles. The summed E-state index contributed by atoms with van der Waals surface area (Å²) in [5.41, 5.74) is -1.40. The summed E-state index contributed by atoms with van der Waals surface area (Å²) in [6.45, 7) is 21.5. The molecule has 4 fully saturated rings. The van der Waals surface area contributed by atoms with Gasteiger partial charge < -0.3 is 24.6 Å². The summed E-state index contributed by atoms with van der Waals surface area (Å²) in [5, 5.41) is 19.6. The quantitative estimate of drug-likeness (QED) is 0.253. The molecule has 0 unspecified atom stereocenters. The first-order chi connectivity index (χ1) is 19.0. The van der Waals surface area contributed by atoms with Gasteiger partial charge in [-0.3, -0.25) is 19.3 Å². The van der Waals surface area contributed by atoms with E-state index in [1.807, 2.05) is 11.8 Å². The van der Waals surface area contributed by atoms with Crippen molar-refractivity contribution in [1.29, 1.82) is 0 Å². The summed E-state index contributed by atoms with van der Waals surface area (Å²) in [6.07, 6.45) is 3.75. The zero-order valence-electron chi connectivity index (χ0n) is 26.8. The molecule has 0 aromatic heterocycles. The zero-order valence-corrected chi connectivity index (χ0v) is 26.8. The smallest absolute Gasteiger partial charge is 0.319 e. The summed E-state index contributed by atoms with van der Waals surface area (Å²) >= 11 is 0. The third-order valence-corrected chi connectivity index (χ3v) is 9.37. The monoisotopic (exact) mass is 580 g/mol. The second-order valence-corrected chi connectivity index (χ2v) is 14.0. The van der Waals surface area contributed by atoms with Crippen LogP contribution in [0.4, 0.5) is 0 Å². The summed E-state index contributed by atoms with van der Waals surface area (Å²) in [7, 11) is 2.06. The predicted molar refractivity (Wildman–Crippen MR) is 159 cm³/mol. The Bertz CT molecular complexity index is 883. The van der Waals surface area contributed by atoms with Crippen LogP contribution in [0.1, 0.15) is 87.0 Å². The molecule has 41 heavy (non-hydrogen) atoms. The van der Waals surface area contributed by atoms with Gasteiger partial charge in [0.05, 0.1) is 17.7 Å². The highest BCUT2D eigenvalue weighted by molar-refractivity contribution is 6.03. The van der Waals surface area contributed by atoms with E-state index in [1.54, 1.807) is 27.7 Å². The second kappa shape index (κ2) is 14.1. The number of likely N-dealkylation sites (N-methyl/N-ethyl adjacent to an activating group) is 1. The van der Waals surface area contributed by atoms with Crippen LogP contribution in [0.2, 0.25) is 0 Å². The molecule has 9 nitrogen and oxygen atoms in total. The van der Waals surface area contributed by atoms with Gasteiger partial charge in [0.1, 0.15) is 12.0 Å². The number of nitrogens with zero attached hydrogens (tertiary/aromatic N) is 2. The SMILES string of the molecule is C=C.CC(=O)N1CC2(C1)CC1(COC(=O)C(C)(C)C(=O)[C@H](C)C[C@H](O)C[C@@H](C)CN1C)C2.C[C@H]1C[C@@H](C)O[C@@H](O)C1. The molecular weight excluding hydrogens is 524 g/mol. The van der Waals surface area contributed by atoms with E-state index in [2.05, 4.69) is 39.0 Å². The first-order valence-corrected chi connectivity index (χ1v) is 15.2. The first kappa shape index (κ1) is 35.4. The van der Waals surface area contributed by atoms with E-state index < -0.39 is 29.7 Å². The molecule has 0 radical (unpaired) electrons.